The second-order valence-electron chi connectivity index (χ2n) is 9.16. The molecule has 1 aromatic carbocycles. The predicted molar refractivity (Wildman–Crippen MR) is 100 cm³/mol. The van der Waals surface area contributed by atoms with Crippen LogP contribution in [-0.2, 0) is 20.4 Å². The fourth-order valence-electron chi connectivity index (χ4n) is 2.82. The zero-order valence-electron chi connectivity index (χ0n) is 16.3. The first-order valence-electron chi connectivity index (χ1n) is 8.08. The minimum absolute atomic E-state index is 0.0190. The van der Waals surface area contributed by atoms with Gasteiger partial charge in [0, 0.05) is 16.9 Å². The van der Waals surface area contributed by atoms with Gasteiger partial charge in [-0.3, -0.25) is 0 Å². The Hall–Kier alpha value is -0.980. The van der Waals surface area contributed by atoms with Crippen molar-refractivity contribution in [2.75, 3.05) is 7.11 Å². The molecule has 1 aromatic rings. The van der Waals surface area contributed by atoms with Crippen LogP contribution in [0.4, 0.5) is 0 Å². The van der Waals surface area contributed by atoms with Crippen molar-refractivity contribution in [2.24, 2.45) is 0 Å². The highest BCUT2D eigenvalue weighted by Crippen LogP contribution is 2.45. The van der Waals surface area contributed by atoms with E-state index in [9.17, 15) is 5.26 Å². The molecule has 0 bridgehead atoms. The first-order chi connectivity index (χ1) is 10.2. The standard InChI is InChI=1S/C20H31NOS/c1-18(2,3)14-11-15(19(4,5)6)17(23-22-10)16(13(14)12-21)20(7,8)9/h11H,1-10H3. The third-order valence-electron chi connectivity index (χ3n) is 3.92. The summed E-state index contributed by atoms with van der Waals surface area (Å²) < 4.78 is 5.43. The first-order valence-corrected chi connectivity index (χ1v) is 8.82. The van der Waals surface area contributed by atoms with Crippen LogP contribution in [0.3, 0.4) is 0 Å². The van der Waals surface area contributed by atoms with Gasteiger partial charge in [-0.05, 0) is 32.9 Å². The maximum absolute atomic E-state index is 9.91. The van der Waals surface area contributed by atoms with E-state index in [4.69, 9.17) is 4.18 Å². The summed E-state index contributed by atoms with van der Waals surface area (Å²) in [5.74, 6) is 0. The maximum Gasteiger partial charge on any atom is 0.0998 e. The number of hydrogen-bond acceptors (Lipinski definition) is 3. The van der Waals surface area contributed by atoms with Crippen LogP contribution in [0.1, 0.15) is 84.6 Å². The lowest BCUT2D eigenvalue weighted by Gasteiger charge is -2.34. The molecule has 0 aromatic heterocycles. The van der Waals surface area contributed by atoms with E-state index in [1.54, 1.807) is 7.11 Å². The molecular formula is C20H31NOS. The van der Waals surface area contributed by atoms with E-state index >= 15 is 0 Å². The summed E-state index contributed by atoms with van der Waals surface area (Å²) in [7, 11) is 1.69. The van der Waals surface area contributed by atoms with Crippen LogP contribution in [0.15, 0.2) is 11.0 Å². The van der Waals surface area contributed by atoms with E-state index in [0.717, 1.165) is 21.6 Å². The van der Waals surface area contributed by atoms with E-state index in [0.29, 0.717) is 0 Å². The van der Waals surface area contributed by atoms with Crippen molar-refractivity contribution in [1.82, 2.24) is 0 Å². The Labute approximate surface area is 146 Å². The van der Waals surface area contributed by atoms with E-state index in [2.05, 4.69) is 74.4 Å². The van der Waals surface area contributed by atoms with Crippen molar-refractivity contribution < 1.29 is 4.18 Å². The molecule has 0 atom stereocenters. The van der Waals surface area contributed by atoms with Crippen LogP contribution in [0.2, 0.25) is 0 Å². The summed E-state index contributed by atoms with van der Waals surface area (Å²) in [6, 6.07) is 4.70. The molecule has 0 heterocycles. The quantitative estimate of drug-likeness (QED) is 0.613. The molecule has 0 saturated carbocycles. The van der Waals surface area contributed by atoms with E-state index < -0.39 is 0 Å². The molecule has 3 heteroatoms. The molecule has 1 rings (SSSR count). The van der Waals surface area contributed by atoms with Crippen molar-refractivity contribution in [1.29, 1.82) is 5.26 Å². The molecule has 0 fully saturated rings. The Morgan fingerprint density at radius 3 is 1.65 bits per heavy atom. The molecule has 0 aliphatic heterocycles. The number of rotatable bonds is 2. The van der Waals surface area contributed by atoms with Gasteiger partial charge < -0.3 is 4.18 Å². The van der Waals surface area contributed by atoms with Crippen molar-refractivity contribution in [3.05, 3.63) is 28.3 Å². The number of hydrogen-bond donors (Lipinski definition) is 0. The Balaban J connectivity index is 4.07. The van der Waals surface area contributed by atoms with Crippen LogP contribution in [0.25, 0.3) is 0 Å². The van der Waals surface area contributed by atoms with Crippen molar-refractivity contribution in [2.45, 2.75) is 83.5 Å². The normalized spacial score (nSPS) is 13.1. The minimum atomic E-state index is -0.132. The maximum atomic E-state index is 9.91. The van der Waals surface area contributed by atoms with Gasteiger partial charge in [0.05, 0.1) is 18.7 Å². The number of benzene rings is 1. The number of nitrogens with zero attached hydrogens (tertiary/aromatic N) is 1. The molecule has 23 heavy (non-hydrogen) atoms. The van der Waals surface area contributed by atoms with Gasteiger partial charge in [0.15, 0.2) is 0 Å². The lowest BCUT2D eigenvalue weighted by molar-refractivity contribution is 0.479. The summed E-state index contributed by atoms with van der Waals surface area (Å²) in [5.41, 5.74) is 4.04. The molecule has 0 radical (unpaired) electrons. The molecule has 0 unspecified atom stereocenters. The average molecular weight is 334 g/mol. The predicted octanol–water partition coefficient (Wildman–Crippen LogP) is 6.10. The van der Waals surface area contributed by atoms with Crippen LogP contribution < -0.4 is 0 Å². The molecule has 0 spiro atoms. The van der Waals surface area contributed by atoms with Gasteiger partial charge in [-0.2, -0.15) is 5.26 Å². The summed E-state index contributed by atoms with van der Waals surface area (Å²) in [6.07, 6.45) is 0. The van der Waals surface area contributed by atoms with Crippen LogP contribution in [0, 0.1) is 11.3 Å². The van der Waals surface area contributed by atoms with E-state index in [-0.39, 0.29) is 16.2 Å². The van der Waals surface area contributed by atoms with Crippen LogP contribution in [-0.4, -0.2) is 7.11 Å². The highest BCUT2D eigenvalue weighted by molar-refractivity contribution is 7.94. The van der Waals surface area contributed by atoms with Gasteiger partial charge >= 0.3 is 0 Å². The van der Waals surface area contributed by atoms with Crippen molar-refractivity contribution in [3.8, 4) is 6.07 Å². The summed E-state index contributed by atoms with van der Waals surface area (Å²) >= 11 is 1.38. The highest BCUT2D eigenvalue weighted by Gasteiger charge is 2.33. The highest BCUT2D eigenvalue weighted by atomic mass is 32.2. The molecule has 0 saturated heterocycles. The van der Waals surface area contributed by atoms with Gasteiger partial charge in [-0.25, -0.2) is 0 Å². The zero-order valence-corrected chi connectivity index (χ0v) is 17.2. The fraction of sp³-hybridized carbons (Fsp3) is 0.650. The molecule has 0 aliphatic rings. The largest absolute Gasteiger partial charge is 0.314 e. The summed E-state index contributed by atoms with van der Waals surface area (Å²) in [6.45, 7) is 19.7. The SMILES string of the molecule is COSc1c(C(C)(C)C)cc(C(C)(C)C)c(C#N)c1C(C)(C)C. The molecular weight excluding hydrogens is 302 g/mol. The van der Waals surface area contributed by atoms with Gasteiger partial charge in [0.1, 0.15) is 0 Å². The van der Waals surface area contributed by atoms with Crippen molar-refractivity contribution in [3.63, 3.8) is 0 Å². The first kappa shape index (κ1) is 20.1. The lowest BCUT2D eigenvalue weighted by Crippen LogP contribution is -2.25. The lowest BCUT2D eigenvalue weighted by atomic mass is 9.72. The smallest absolute Gasteiger partial charge is 0.0998 e. The Kier molecular flexibility index (Phi) is 5.66. The third kappa shape index (κ3) is 4.31. The van der Waals surface area contributed by atoms with Gasteiger partial charge in [0.2, 0.25) is 0 Å². The number of nitriles is 1. The molecule has 0 aliphatic carbocycles. The van der Waals surface area contributed by atoms with Crippen LogP contribution >= 0.6 is 12.0 Å². The average Bonchev–Trinajstić information content (AvgIpc) is 2.33. The van der Waals surface area contributed by atoms with Crippen molar-refractivity contribution >= 4 is 12.0 Å². The monoisotopic (exact) mass is 333 g/mol. The summed E-state index contributed by atoms with van der Waals surface area (Å²) in [5, 5.41) is 9.91. The second-order valence-corrected chi connectivity index (χ2v) is 10.1. The fourth-order valence-corrected chi connectivity index (χ4v) is 3.93. The molecule has 0 N–H and O–H groups in total. The third-order valence-corrected chi connectivity index (χ3v) is 4.68. The van der Waals surface area contributed by atoms with Gasteiger partial charge in [0.25, 0.3) is 0 Å². The molecule has 0 amide bonds. The van der Waals surface area contributed by atoms with E-state index in [1.165, 1.54) is 17.6 Å². The van der Waals surface area contributed by atoms with Gasteiger partial charge in [-0.1, -0.05) is 68.4 Å². The summed E-state index contributed by atoms with van der Waals surface area (Å²) in [4.78, 5) is 1.09. The second kappa shape index (κ2) is 6.49. The minimum Gasteiger partial charge on any atom is -0.314 e. The molecule has 128 valence electrons. The molecule has 2 nitrogen and oxygen atoms in total. The Bertz CT molecular complexity index is 619. The van der Waals surface area contributed by atoms with E-state index in [1.807, 2.05) is 0 Å². The van der Waals surface area contributed by atoms with Crippen LogP contribution in [0.5, 0.6) is 0 Å². The zero-order chi connectivity index (χ0) is 18.2. The Morgan fingerprint density at radius 1 is 0.870 bits per heavy atom. The van der Waals surface area contributed by atoms with Gasteiger partial charge in [-0.15, -0.1) is 0 Å². The topological polar surface area (TPSA) is 33.0 Å². The Morgan fingerprint density at radius 2 is 1.35 bits per heavy atom.